The van der Waals surface area contributed by atoms with Crippen LogP contribution in [0, 0.1) is 0 Å². The van der Waals surface area contributed by atoms with E-state index in [-0.39, 0.29) is 0 Å². The Labute approximate surface area is 119 Å². The number of fused-ring (bicyclic) bond motifs is 1. The van der Waals surface area contributed by atoms with Crippen molar-refractivity contribution >= 4 is 11.5 Å². The number of nitrogen functional groups attached to an aromatic ring is 1. The number of nitrogens with two attached hydrogens (primary N) is 1. The van der Waals surface area contributed by atoms with Crippen molar-refractivity contribution in [2.24, 2.45) is 0 Å². The second kappa shape index (κ2) is 5.12. The molecule has 1 aromatic heterocycles. The van der Waals surface area contributed by atoms with E-state index in [9.17, 15) is 0 Å². The topological polar surface area (TPSA) is 55.0 Å². The summed E-state index contributed by atoms with van der Waals surface area (Å²) in [5.74, 6) is 1.43. The second-order valence-electron chi connectivity index (χ2n) is 5.61. The van der Waals surface area contributed by atoms with Crippen molar-refractivity contribution in [1.29, 1.82) is 0 Å². The van der Waals surface area contributed by atoms with Gasteiger partial charge in [-0.1, -0.05) is 26.0 Å². The first-order valence-corrected chi connectivity index (χ1v) is 7.08. The van der Waals surface area contributed by atoms with E-state index >= 15 is 0 Å². The van der Waals surface area contributed by atoms with E-state index in [0.717, 1.165) is 36.7 Å². The third-order valence-corrected chi connectivity index (χ3v) is 3.89. The molecule has 0 unspecified atom stereocenters. The third-order valence-electron chi connectivity index (χ3n) is 3.89. The highest BCUT2D eigenvalue weighted by atomic mass is 15.2. The van der Waals surface area contributed by atoms with Gasteiger partial charge >= 0.3 is 0 Å². The predicted molar refractivity (Wildman–Crippen MR) is 81.7 cm³/mol. The van der Waals surface area contributed by atoms with Crippen LogP contribution in [-0.4, -0.2) is 16.5 Å². The second-order valence-corrected chi connectivity index (χ2v) is 5.61. The van der Waals surface area contributed by atoms with Crippen molar-refractivity contribution in [2.75, 3.05) is 17.2 Å². The van der Waals surface area contributed by atoms with Crippen molar-refractivity contribution in [3.8, 4) is 0 Å². The van der Waals surface area contributed by atoms with Gasteiger partial charge in [-0.25, -0.2) is 9.97 Å². The average molecular weight is 268 g/mol. The molecule has 0 radical (unpaired) electrons. The number of nitrogens with zero attached hydrogens (tertiary/aromatic N) is 3. The van der Waals surface area contributed by atoms with Crippen LogP contribution in [0.15, 0.2) is 30.6 Å². The molecule has 2 heterocycles. The minimum absolute atomic E-state index is 0.421. The Bertz CT molecular complexity index is 622. The number of rotatable bonds is 2. The lowest BCUT2D eigenvalue weighted by Gasteiger charge is -2.30. The molecule has 0 amide bonds. The zero-order valence-corrected chi connectivity index (χ0v) is 12.0. The summed E-state index contributed by atoms with van der Waals surface area (Å²) in [4.78, 5) is 11.1. The maximum absolute atomic E-state index is 6.05. The molecule has 2 N–H and O–H groups in total. The normalized spacial score (nSPS) is 14.4. The van der Waals surface area contributed by atoms with Gasteiger partial charge in [-0.05, 0) is 29.5 Å². The van der Waals surface area contributed by atoms with E-state index in [1.165, 1.54) is 11.1 Å². The molecule has 1 aromatic carbocycles. The molecule has 4 heteroatoms. The van der Waals surface area contributed by atoms with Gasteiger partial charge < -0.3 is 10.6 Å². The van der Waals surface area contributed by atoms with Crippen LogP contribution in [0.25, 0.3) is 0 Å². The Hall–Kier alpha value is -2.10. The molecule has 1 aliphatic heterocycles. The molecule has 2 aromatic rings. The summed E-state index contributed by atoms with van der Waals surface area (Å²) in [7, 11) is 0. The molecule has 0 spiro atoms. The highest BCUT2D eigenvalue weighted by Gasteiger charge is 2.19. The SMILES string of the molecule is CC(C)c1cc(N2CCc3c(N)cccc3C2)ncn1. The van der Waals surface area contributed by atoms with Crippen molar-refractivity contribution in [3.63, 3.8) is 0 Å². The van der Waals surface area contributed by atoms with Crippen molar-refractivity contribution in [1.82, 2.24) is 9.97 Å². The minimum atomic E-state index is 0.421. The summed E-state index contributed by atoms with van der Waals surface area (Å²) < 4.78 is 0. The van der Waals surface area contributed by atoms with Gasteiger partial charge in [0.25, 0.3) is 0 Å². The van der Waals surface area contributed by atoms with Crippen LogP contribution >= 0.6 is 0 Å². The standard InChI is InChI=1S/C16H20N4/c1-11(2)15-8-16(19-10-18-15)20-7-6-13-12(9-20)4-3-5-14(13)17/h3-5,8,10-11H,6-7,9,17H2,1-2H3. The molecule has 0 aliphatic carbocycles. The Kier molecular flexibility index (Phi) is 3.30. The fourth-order valence-electron chi connectivity index (χ4n) is 2.68. The van der Waals surface area contributed by atoms with E-state index in [4.69, 9.17) is 5.73 Å². The molecule has 20 heavy (non-hydrogen) atoms. The summed E-state index contributed by atoms with van der Waals surface area (Å²) in [6.45, 7) is 6.13. The van der Waals surface area contributed by atoms with E-state index in [1.54, 1.807) is 6.33 Å². The first-order valence-electron chi connectivity index (χ1n) is 7.08. The zero-order valence-electron chi connectivity index (χ0n) is 12.0. The van der Waals surface area contributed by atoms with Crippen LogP contribution in [0.1, 0.15) is 36.6 Å². The summed E-state index contributed by atoms with van der Waals surface area (Å²) in [5, 5.41) is 0. The molecule has 0 saturated carbocycles. The first kappa shape index (κ1) is 12.9. The van der Waals surface area contributed by atoms with E-state index in [1.807, 2.05) is 12.1 Å². The Morgan fingerprint density at radius 1 is 1.25 bits per heavy atom. The van der Waals surface area contributed by atoms with Crippen molar-refractivity contribution in [2.45, 2.75) is 32.7 Å². The molecule has 0 bridgehead atoms. The molecule has 0 fully saturated rings. The van der Waals surface area contributed by atoms with Crippen LogP contribution in [-0.2, 0) is 13.0 Å². The van der Waals surface area contributed by atoms with E-state index in [2.05, 4.69) is 40.8 Å². The molecule has 104 valence electrons. The molecular weight excluding hydrogens is 248 g/mol. The lowest BCUT2D eigenvalue weighted by atomic mass is 9.98. The number of hydrogen-bond acceptors (Lipinski definition) is 4. The Morgan fingerprint density at radius 2 is 2.10 bits per heavy atom. The minimum Gasteiger partial charge on any atom is -0.398 e. The molecule has 3 rings (SSSR count). The summed E-state index contributed by atoms with van der Waals surface area (Å²) in [5.41, 5.74) is 10.6. The van der Waals surface area contributed by atoms with Crippen LogP contribution in [0.4, 0.5) is 11.5 Å². The number of hydrogen-bond donors (Lipinski definition) is 1. The number of aromatic nitrogens is 2. The highest BCUT2D eigenvalue weighted by molar-refractivity contribution is 5.55. The smallest absolute Gasteiger partial charge is 0.132 e. The highest BCUT2D eigenvalue weighted by Crippen LogP contribution is 2.27. The first-order chi connectivity index (χ1) is 9.65. The third kappa shape index (κ3) is 2.33. The lowest BCUT2D eigenvalue weighted by Crippen LogP contribution is -2.31. The average Bonchev–Trinajstić information content (AvgIpc) is 2.47. The van der Waals surface area contributed by atoms with Gasteiger partial charge in [-0.15, -0.1) is 0 Å². The lowest BCUT2D eigenvalue weighted by molar-refractivity contribution is 0.714. The maximum Gasteiger partial charge on any atom is 0.132 e. The fourth-order valence-corrected chi connectivity index (χ4v) is 2.68. The Balaban J connectivity index is 1.89. The van der Waals surface area contributed by atoms with Crippen LogP contribution < -0.4 is 10.6 Å². The van der Waals surface area contributed by atoms with Crippen LogP contribution in [0.3, 0.4) is 0 Å². The van der Waals surface area contributed by atoms with E-state index < -0.39 is 0 Å². The van der Waals surface area contributed by atoms with Gasteiger partial charge in [0.2, 0.25) is 0 Å². The van der Waals surface area contributed by atoms with Crippen LogP contribution in [0.2, 0.25) is 0 Å². The Morgan fingerprint density at radius 3 is 2.90 bits per heavy atom. The van der Waals surface area contributed by atoms with Gasteiger partial charge in [0.05, 0.1) is 0 Å². The molecule has 0 atom stereocenters. The summed E-state index contributed by atoms with van der Waals surface area (Å²) in [6, 6.07) is 8.26. The quantitative estimate of drug-likeness (QED) is 0.851. The summed E-state index contributed by atoms with van der Waals surface area (Å²) in [6.07, 6.45) is 2.64. The monoisotopic (exact) mass is 268 g/mol. The van der Waals surface area contributed by atoms with Gasteiger partial charge in [0.15, 0.2) is 0 Å². The molecule has 4 nitrogen and oxygen atoms in total. The maximum atomic E-state index is 6.05. The molecule has 1 aliphatic rings. The van der Waals surface area contributed by atoms with Crippen LogP contribution in [0.5, 0.6) is 0 Å². The van der Waals surface area contributed by atoms with Crippen molar-refractivity contribution in [3.05, 3.63) is 47.4 Å². The van der Waals surface area contributed by atoms with Gasteiger partial charge in [-0.3, -0.25) is 0 Å². The van der Waals surface area contributed by atoms with Crippen molar-refractivity contribution < 1.29 is 0 Å². The largest absolute Gasteiger partial charge is 0.398 e. The number of anilines is 2. The zero-order chi connectivity index (χ0) is 14.1. The summed E-state index contributed by atoms with van der Waals surface area (Å²) >= 11 is 0. The van der Waals surface area contributed by atoms with Gasteiger partial charge in [-0.2, -0.15) is 0 Å². The number of benzene rings is 1. The fraction of sp³-hybridized carbons (Fsp3) is 0.375. The van der Waals surface area contributed by atoms with Gasteiger partial charge in [0, 0.05) is 30.5 Å². The van der Waals surface area contributed by atoms with Gasteiger partial charge in [0.1, 0.15) is 12.1 Å². The molecule has 0 saturated heterocycles. The van der Waals surface area contributed by atoms with E-state index in [0.29, 0.717) is 5.92 Å². The predicted octanol–water partition coefficient (Wildman–Crippen LogP) is 2.74. The molecular formula is C16H20N4.